The number of halogens is 1. The van der Waals surface area contributed by atoms with Crippen molar-refractivity contribution >= 4 is 17.5 Å². The maximum absolute atomic E-state index is 5.83. The maximum Gasteiger partial charge on any atom is 0.183 e. The van der Waals surface area contributed by atoms with Gasteiger partial charge in [0.25, 0.3) is 0 Å². The molecule has 2 rings (SSSR count). The SMILES string of the molecule is CCCC1=NC(c2ccc(Cl)cc2)CO1. The summed E-state index contributed by atoms with van der Waals surface area (Å²) in [7, 11) is 0. The zero-order valence-electron chi connectivity index (χ0n) is 8.74. The Morgan fingerprint density at radius 2 is 2.13 bits per heavy atom. The van der Waals surface area contributed by atoms with Crippen LogP contribution in [0, 0.1) is 0 Å². The minimum Gasteiger partial charge on any atom is -0.478 e. The van der Waals surface area contributed by atoms with E-state index in [9.17, 15) is 0 Å². The molecule has 0 aliphatic carbocycles. The van der Waals surface area contributed by atoms with Gasteiger partial charge in [-0.1, -0.05) is 30.7 Å². The van der Waals surface area contributed by atoms with Crippen LogP contribution >= 0.6 is 11.6 Å². The summed E-state index contributed by atoms with van der Waals surface area (Å²) < 4.78 is 5.51. The largest absolute Gasteiger partial charge is 0.478 e. The minimum absolute atomic E-state index is 0.156. The molecule has 3 heteroatoms. The number of rotatable bonds is 3. The molecular formula is C12H14ClNO. The number of hydrogen-bond acceptors (Lipinski definition) is 2. The van der Waals surface area contributed by atoms with E-state index in [1.54, 1.807) is 0 Å². The van der Waals surface area contributed by atoms with E-state index in [4.69, 9.17) is 16.3 Å². The van der Waals surface area contributed by atoms with Crippen LogP contribution in [0.5, 0.6) is 0 Å². The smallest absolute Gasteiger partial charge is 0.183 e. The summed E-state index contributed by atoms with van der Waals surface area (Å²) in [5, 5.41) is 0.760. The topological polar surface area (TPSA) is 21.6 Å². The van der Waals surface area contributed by atoms with Crippen LogP contribution in [-0.2, 0) is 4.74 Å². The van der Waals surface area contributed by atoms with Gasteiger partial charge in [0.2, 0.25) is 0 Å². The van der Waals surface area contributed by atoms with Crippen LogP contribution in [-0.4, -0.2) is 12.5 Å². The molecule has 1 heterocycles. The molecule has 0 aromatic heterocycles. The van der Waals surface area contributed by atoms with Gasteiger partial charge in [0.1, 0.15) is 12.6 Å². The molecule has 0 amide bonds. The Hall–Kier alpha value is -1.02. The first-order chi connectivity index (χ1) is 7.29. The molecule has 1 unspecified atom stereocenters. The highest BCUT2D eigenvalue weighted by molar-refractivity contribution is 6.30. The molecule has 2 nitrogen and oxygen atoms in total. The van der Waals surface area contributed by atoms with Crippen molar-refractivity contribution in [3.8, 4) is 0 Å². The Bertz CT molecular complexity index is 358. The molecule has 1 atom stereocenters. The van der Waals surface area contributed by atoms with Crippen molar-refractivity contribution in [1.82, 2.24) is 0 Å². The molecule has 1 aliphatic heterocycles. The van der Waals surface area contributed by atoms with Crippen molar-refractivity contribution in [2.24, 2.45) is 4.99 Å². The Labute approximate surface area is 94.9 Å². The van der Waals surface area contributed by atoms with E-state index in [0.29, 0.717) is 6.61 Å². The third-order valence-electron chi connectivity index (χ3n) is 2.43. The van der Waals surface area contributed by atoms with E-state index >= 15 is 0 Å². The van der Waals surface area contributed by atoms with Gasteiger partial charge in [0, 0.05) is 11.4 Å². The second-order valence-electron chi connectivity index (χ2n) is 3.65. The van der Waals surface area contributed by atoms with Gasteiger partial charge in [0.15, 0.2) is 5.90 Å². The van der Waals surface area contributed by atoms with Gasteiger partial charge in [0.05, 0.1) is 0 Å². The summed E-state index contributed by atoms with van der Waals surface area (Å²) in [4.78, 5) is 4.53. The number of ether oxygens (including phenoxy) is 1. The molecule has 1 aromatic carbocycles. The average molecular weight is 224 g/mol. The fourth-order valence-electron chi connectivity index (χ4n) is 1.63. The Morgan fingerprint density at radius 1 is 1.40 bits per heavy atom. The molecule has 0 radical (unpaired) electrons. The first kappa shape index (κ1) is 10.5. The van der Waals surface area contributed by atoms with Gasteiger partial charge in [-0.3, -0.25) is 0 Å². The second-order valence-corrected chi connectivity index (χ2v) is 4.09. The van der Waals surface area contributed by atoms with Gasteiger partial charge in [-0.2, -0.15) is 0 Å². The van der Waals surface area contributed by atoms with Gasteiger partial charge >= 0.3 is 0 Å². The molecule has 0 bridgehead atoms. The number of nitrogens with zero attached hydrogens (tertiary/aromatic N) is 1. The van der Waals surface area contributed by atoms with E-state index < -0.39 is 0 Å². The predicted molar refractivity (Wildman–Crippen MR) is 62.5 cm³/mol. The summed E-state index contributed by atoms with van der Waals surface area (Å²) in [6.45, 7) is 2.79. The first-order valence-corrected chi connectivity index (χ1v) is 5.62. The number of hydrogen-bond donors (Lipinski definition) is 0. The highest BCUT2D eigenvalue weighted by Gasteiger charge is 2.19. The van der Waals surface area contributed by atoms with Crippen molar-refractivity contribution in [1.29, 1.82) is 0 Å². The summed E-state index contributed by atoms with van der Waals surface area (Å²) in [5.74, 6) is 0.887. The summed E-state index contributed by atoms with van der Waals surface area (Å²) in [6, 6.07) is 7.96. The number of benzene rings is 1. The Morgan fingerprint density at radius 3 is 2.80 bits per heavy atom. The second kappa shape index (κ2) is 4.67. The van der Waals surface area contributed by atoms with Crippen LogP contribution < -0.4 is 0 Å². The zero-order valence-corrected chi connectivity index (χ0v) is 9.50. The fourth-order valence-corrected chi connectivity index (χ4v) is 1.76. The standard InChI is InChI=1S/C12H14ClNO/c1-2-3-12-14-11(8-15-12)9-4-6-10(13)7-5-9/h4-7,11H,2-3,8H2,1H3. The van der Waals surface area contributed by atoms with Gasteiger partial charge in [-0.05, 0) is 24.1 Å². The van der Waals surface area contributed by atoms with Crippen molar-refractivity contribution in [2.75, 3.05) is 6.61 Å². The first-order valence-electron chi connectivity index (χ1n) is 5.24. The van der Waals surface area contributed by atoms with Crippen LogP contribution in [0.3, 0.4) is 0 Å². The quantitative estimate of drug-likeness (QED) is 0.767. The third-order valence-corrected chi connectivity index (χ3v) is 2.68. The van der Waals surface area contributed by atoms with Crippen molar-refractivity contribution in [3.05, 3.63) is 34.9 Å². The van der Waals surface area contributed by atoms with Crippen LogP contribution in [0.15, 0.2) is 29.3 Å². The maximum atomic E-state index is 5.83. The van der Waals surface area contributed by atoms with E-state index in [1.165, 1.54) is 5.56 Å². The van der Waals surface area contributed by atoms with Crippen LogP contribution in [0.4, 0.5) is 0 Å². The molecule has 1 aromatic rings. The minimum atomic E-state index is 0.156. The molecular weight excluding hydrogens is 210 g/mol. The molecule has 0 saturated carbocycles. The van der Waals surface area contributed by atoms with Gasteiger partial charge in [-0.15, -0.1) is 0 Å². The van der Waals surface area contributed by atoms with E-state index in [0.717, 1.165) is 23.8 Å². The summed E-state index contributed by atoms with van der Waals surface area (Å²) in [5.41, 5.74) is 1.17. The summed E-state index contributed by atoms with van der Waals surface area (Å²) in [6.07, 6.45) is 2.01. The molecule has 0 N–H and O–H groups in total. The molecule has 0 saturated heterocycles. The predicted octanol–water partition coefficient (Wildman–Crippen LogP) is 3.61. The molecule has 1 aliphatic rings. The van der Waals surface area contributed by atoms with Crippen LogP contribution in [0.25, 0.3) is 0 Å². The fraction of sp³-hybridized carbons (Fsp3) is 0.417. The van der Waals surface area contributed by atoms with Crippen molar-refractivity contribution in [3.63, 3.8) is 0 Å². The molecule has 0 spiro atoms. The van der Waals surface area contributed by atoms with Gasteiger partial charge < -0.3 is 4.74 Å². The monoisotopic (exact) mass is 223 g/mol. The lowest BCUT2D eigenvalue weighted by atomic mass is 10.1. The molecule has 80 valence electrons. The third kappa shape index (κ3) is 2.51. The van der Waals surface area contributed by atoms with Crippen molar-refractivity contribution in [2.45, 2.75) is 25.8 Å². The highest BCUT2D eigenvalue weighted by atomic mass is 35.5. The highest BCUT2D eigenvalue weighted by Crippen LogP contribution is 2.25. The van der Waals surface area contributed by atoms with E-state index in [-0.39, 0.29) is 6.04 Å². The lowest BCUT2D eigenvalue weighted by molar-refractivity contribution is 0.311. The zero-order chi connectivity index (χ0) is 10.7. The van der Waals surface area contributed by atoms with Gasteiger partial charge in [-0.25, -0.2) is 4.99 Å². The Balaban J connectivity index is 2.10. The van der Waals surface area contributed by atoms with Crippen molar-refractivity contribution < 1.29 is 4.74 Å². The van der Waals surface area contributed by atoms with Crippen LogP contribution in [0.2, 0.25) is 5.02 Å². The summed E-state index contributed by atoms with van der Waals surface area (Å²) >= 11 is 5.83. The van der Waals surface area contributed by atoms with Crippen LogP contribution in [0.1, 0.15) is 31.4 Å². The average Bonchev–Trinajstić information content (AvgIpc) is 2.68. The molecule has 15 heavy (non-hydrogen) atoms. The number of aliphatic imine (C=N–C) groups is 1. The van der Waals surface area contributed by atoms with E-state index in [1.807, 2.05) is 24.3 Å². The Kier molecular flexibility index (Phi) is 3.27. The molecule has 0 fully saturated rings. The van der Waals surface area contributed by atoms with E-state index in [2.05, 4.69) is 11.9 Å². The lowest BCUT2D eigenvalue weighted by Gasteiger charge is -2.04. The lowest BCUT2D eigenvalue weighted by Crippen LogP contribution is -1.98. The normalized spacial score (nSPS) is 19.9.